The number of nitrogens with zero attached hydrogens (tertiary/aromatic N) is 2. The van der Waals surface area contributed by atoms with Gasteiger partial charge in [0, 0.05) is 25.4 Å². The minimum atomic E-state index is -0.710. The molecule has 1 aliphatic rings. The van der Waals surface area contributed by atoms with Crippen molar-refractivity contribution in [3.05, 3.63) is 95.4 Å². The molecule has 2 atom stereocenters. The summed E-state index contributed by atoms with van der Waals surface area (Å²) in [7, 11) is 1.56. The highest BCUT2D eigenvalue weighted by molar-refractivity contribution is 6.04. The first kappa shape index (κ1) is 20.7. The van der Waals surface area contributed by atoms with Gasteiger partial charge in [-0.1, -0.05) is 36.4 Å². The molecule has 0 saturated heterocycles. The number of nitrogens with one attached hydrogen (secondary N) is 1. The van der Waals surface area contributed by atoms with Crippen molar-refractivity contribution < 1.29 is 18.7 Å². The SMILES string of the molecule is COCCN1C(=O)c2ccccc2C(C(=O)Nc2ccccn2)C1c1ccc(F)cc1. The summed E-state index contributed by atoms with van der Waals surface area (Å²) in [4.78, 5) is 32.7. The number of amides is 2. The lowest BCUT2D eigenvalue weighted by molar-refractivity contribution is -0.119. The number of benzene rings is 2. The van der Waals surface area contributed by atoms with Crippen LogP contribution in [0.15, 0.2) is 72.9 Å². The summed E-state index contributed by atoms with van der Waals surface area (Å²) in [5.41, 5.74) is 1.77. The summed E-state index contributed by atoms with van der Waals surface area (Å²) in [6.45, 7) is 0.596. The molecule has 0 fully saturated rings. The molecule has 2 amide bonds. The van der Waals surface area contributed by atoms with E-state index in [1.54, 1.807) is 72.8 Å². The van der Waals surface area contributed by atoms with Gasteiger partial charge in [-0.15, -0.1) is 0 Å². The van der Waals surface area contributed by atoms with Crippen molar-refractivity contribution in [2.45, 2.75) is 12.0 Å². The topological polar surface area (TPSA) is 71.5 Å². The highest BCUT2D eigenvalue weighted by Crippen LogP contribution is 2.43. The van der Waals surface area contributed by atoms with Crippen LogP contribution in [0, 0.1) is 5.82 Å². The van der Waals surface area contributed by atoms with Crippen molar-refractivity contribution in [3.63, 3.8) is 0 Å². The number of methoxy groups -OCH3 is 1. The fraction of sp³-hybridized carbons (Fsp3) is 0.208. The second kappa shape index (κ2) is 9.06. The first-order valence-electron chi connectivity index (χ1n) is 9.96. The van der Waals surface area contributed by atoms with Crippen LogP contribution in [0.4, 0.5) is 10.2 Å². The maximum absolute atomic E-state index is 13.6. The molecule has 31 heavy (non-hydrogen) atoms. The van der Waals surface area contributed by atoms with Crippen LogP contribution in [-0.4, -0.2) is 42.0 Å². The number of carbonyl (C=O) groups is 2. The van der Waals surface area contributed by atoms with Gasteiger partial charge in [0.1, 0.15) is 11.6 Å². The van der Waals surface area contributed by atoms with E-state index in [2.05, 4.69) is 10.3 Å². The van der Waals surface area contributed by atoms with Gasteiger partial charge in [0.25, 0.3) is 5.91 Å². The van der Waals surface area contributed by atoms with Crippen LogP contribution in [0.1, 0.15) is 33.4 Å². The van der Waals surface area contributed by atoms with Crippen LogP contribution in [0.2, 0.25) is 0 Å². The number of hydrogen-bond donors (Lipinski definition) is 1. The molecule has 2 aromatic carbocycles. The Morgan fingerprint density at radius 2 is 1.84 bits per heavy atom. The Morgan fingerprint density at radius 1 is 1.10 bits per heavy atom. The zero-order valence-corrected chi connectivity index (χ0v) is 17.0. The van der Waals surface area contributed by atoms with Crippen LogP contribution in [0.25, 0.3) is 0 Å². The normalized spacial score (nSPS) is 17.9. The summed E-state index contributed by atoms with van der Waals surface area (Å²) in [5.74, 6) is -1.16. The Bertz CT molecular complexity index is 1070. The number of hydrogen-bond acceptors (Lipinski definition) is 4. The van der Waals surface area contributed by atoms with E-state index in [1.165, 1.54) is 12.1 Å². The average molecular weight is 419 g/mol. The number of carbonyl (C=O) groups excluding carboxylic acids is 2. The van der Waals surface area contributed by atoms with E-state index in [1.807, 2.05) is 0 Å². The van der Waals surface area contributed by atoms with E-state index in [9.17, 15) is 14.0 Å². The highest BCUT2D eigenvalue weighted by atomic mass is 19.1. The molecule has 0 spiro atoms. The van der Waals surface area contributed by atoms with Crippen molar-refractivity contribution >= 4 is 17.6 Å². The van der Waals surface area contributed by atoms with E-state index < -0.39 is 12.0 Å². The van der Waals surface area contributed by atoms with Gasteiger partial charge in [-0.25, -0.2) is 9.37 Å². The molecule has 1 aliphatic heterocycles. The molecule has 3 aromatic rings. The summed E-state index contributed by atoms with van der Waals surface area (Å²) >= 11 is 0. The molecular weight excluding hydrogens is 397 g/mol. The second-order valence-electron chi connectivity index (χ2n) is 7.26. The van der Waals surface area contributed by atoms with Gasteiger partial charge in [-0.2, -0.15) is 0 Å². The monoisotopic (exact) mass is 419 g/mol. The lowest BCUT2D eigenvalue weighted by Crippen LogP contribution is -2.47. The second-order valence-corrected chi connectivity index (χ2v) is 7.26. The Kier molecular flexibility index (Phi) is 6.04. The largest absolute Gasteiger partial charge is 0.383 e. The van der Waals surface area contributed by atoms with Crippen LogP contribution in [0.3, 0.4) is 0 Å². The zero-order chi connectivity index (χ0) is 21.8. The molecule has 0 radical (unpaired) electrons. The predicted molar refractivity (Wildman–Crippen MR) is 114 cm³/mol. The lowest BCUT2D eigenvalue weighted by Gasteiger charge is -2.41. The van der Waals surface area contributed by atoms with Gasteiger partial charge < -0.3 is 15.0 Å². The molecular formula is C24H22FN3O3. The smallest absolute Gasteiger partial charge is 0.254 e. The number of ether oxygens (including phenoxy) is 1. The van der Waals surface area contributed by atoms with E-state index in [4.69, 9.17) is 4.74 Å². The standard InChI is InChI=1S/C24H22FN3O3/c1-31-15-14-28-22(16-9-11-17(25)12-10-16)21(18-6-2-3-7-19(18)24(28)30)23(29)27-20-8-4-5-13-26-20/h2-13,21-22H,14-15H2,1H3,(H,26,27,29). The Hall–Kier alpha value is -3.58. The number of rotatable bonds is 6. The molecule has 2 unspecified atom stereocenters. The molecule has 7 heteroatoms. The molecule has 2 heterocycles. The van der Waals surface area contributed by atoms with E-state index in [0.717, 1.165) is 0 Å². The molecule has 1 aromatic heterocycles. The first-order valence-corrected chi connectivity index (χ1v) is 9.96. The molecule has 0 bridgehead atoms. The number of fused-ring (bicyclic) bond motifs is 1. The number of aromatic nitrogens is 1. The molecule has 0 aliphatic carbocycles. The minimum Gasteiger partial charge on any atom is -0.383 e. The van der Waals surface area contributed by atoms with Crippen molar-refractivity contribution in [3.8, 4) is 0 Å². The van der Waals surface area contributed by atoms with Crippen LogP contribution >= 0.6 is 0 Å². The fourth-order valence-electron chi connectivity index (χ4n) is 3.98. The Labute approximate surface area is 179 Å². The molecule has 1 N–H and O–H groups in total. The Morgan fingerprint density at radius 3 is 2.55 bits per heavy atom. The highest BCUT2D eigenvalue weighted by Gasteiger charge is 2.44. The minimum absolute atomic E-state index is 0.191. The number of pyridine rings is 1. The number of anilines is 1. The number of halogens is 1. The van der Waals surface area contributed by atoms with Gasteiger partial charge in [-0.05, 0) is 41.5 Å². The fourth-order valence-corrected chi connectivity index (χ4v) is 3.98. The summed E-state index contributed by atoms with van der Waals surface area (Å²) in [5, 5.41) is 2.86. The maximum Gasteiger partial charge on any atom is 0.254 e. The van der Waals surface area contributed by atoms with Crippen molar-refractivity contribution in [1.82, 2.24) is 9.88 Å². The molecule has 4 rings (SSSR count). The van der Waals surface area contributed by atoms with Crippen LogP contribution in [-0.2, 0) is 9.53 Å². The van der Waals surface area contributed by atoms with Gasteiger partial charge in [-0.3, -0.25) is 9.59 Å². The van der Waals surface area contributed by atoms with Gasteiger partial charge >= 0.3 is 0 Å². The first-order chi connectivity index (χ1) is 15.1. The van der Waals surface area contributed by atoms with Crippen molar-refractivity contribution in [1.29, 1.82) is 0 Å². The van der Waals surface area contributed by atoms with E-state index >= 15 is 0 Å². The summed E-state index contributed by atoms with van der Waals surface area (Å²) < 4.78 is 18.8. The maximum atomic E-state index is 13.6. The molecule has 158 valence electrons. The predicted octanol–water partition coefficient (Wildman–Crippen LogP) is 3.79. The summed E-state index contributed by atoms with van der Waals surface area (Å²) in [6.07, 6.45) is 1.59. The van der Waals surface area contributed by atoms with Gasteiger partial charge in [0.2, 0.25) is 5.91 Å². The molecule has 6 nitrogen and oxygen atoms in total. The quantitative estimate of drug-likeness (QED) is 0.660. The molecule has 0 saturated carbocycles. The van der Waals surface area contributed by atoms with E-state index in [0.29, 0.717) is 35.7 Å². The van der Waals surface area contributed by atoms with Crippen molar-refractivity contribution in [2.75, 3.05) is 25.6 Å². The lowest BCUT2D eigenvalue weighted by atomic mass is 9.79. The van der Waals surface area contributed by atoms with E-state index in [-0.39, 0.29) is 17.6 Å². The van der Waals surface area contributed by atoms with Crippen LogP contribution in [0.5, 0.6) is 0 Å². The third kappa shape index (κ3) is 4.18. The summed E-state index contributed by atoms with van der Waals surface area (Å²) in [6, 6.07) is 17.6. The average Bonchev–Trinajstić information content (AvgIpc) is 2.79. The third-order valence-electron chi connectivity index (χ3n) is 5.39. The zero-order valence-electron chi connectivity index (χ0n) is 17.0. The van der Waals surface area contributed by atoms with Crippen molar-refractivity contribution in [2.24, 2.45) is 0 Å². The Balaban J connectivity index is 1.83. The van der Waals surface area contributed by atoms with Gasteiger partial charge in [0.15, 0.2) is 0 Å². The third-order valence-corrected chi connectivity index (χ3v) is 5.39. The van der Waals surface area contributed by atoms with Crippen LogP contribution < -0.4 is 5.32 Å². The van der Waals surface area contributed by atoms with Gasteiger partial charge in [0.05, 0.1) is 18.6 Å².